The Balaban J connectivity index is 2.30. The summed E-state index contributed by atoms with van der Waals surface area (Å²) < 4.78 is 11.4. The van der Waals surface area contributed by atoms with Gasteiger partial charge in [0.05, 0.1) is 10.8 Å². The van der Waals surface area contributed by atoms with Gasteiger partial charge in [0.2, 0.25) is 11.6 Å². The molecule has 0 saturated carbocycles. The lowest BCUT2D eigenvalue weighted by Crippen LogP contribution is -2.40. The second-order valence-corrected chi connectivity index (χ2v) is 5.44. The van der Waals surface area contributed by atoms with Gasteiger partial charge < -0.3 is 20.1 Å². The summed E-state index contributed by atoms with van der Waals surface area (Å²) in [4.78, 5) is 12.2. The number of nitrogens with two attached hydrogens (primary N) is 1. The number of ether oxygens (including phenoxy) is 1. The van der Waals surface area contributed by atoms with E-state index in [1.54, 1.807) is 37.3 Å². The van der Waals surface area contributed by atoms with Gasteiger partial charge in [-0.2, -0.15) is 5.26 Å². The molecule has 126 valence electrons. The molecule has 1 atom stereocenters. The minimum absolute atomic E-state index is 0.0125. The SMILES string of the molecule is CC(=O)C1=C(C)OC(N)=C(C#N)C1c1c([O-])on[n+]1-c1ccccc1. The zero-order chi connectivity index (χ0) is 18.1. The van der Waals surface area contributed by atoms with E-state index in [0.29, 0.717) is 5.69 Å². The van der Waals surface area contributed by atoms with Crippen molar-refractivity contribution >= 4 is 5.78 Å². The number of ketones is 1. The van der Waals surface area contributed by atoms with E-state index in [0.717, 1.165) is 0 Å². The number of rotatable bonds is 3. The summed E-state index contributed by atoms with van der Waals surface area (Å²) in [5, 5.41) is 25.6. The third-order valence-corrected chi connectivity index (χ3v) is 3.90. The topological polar surface area (TPSA) is 129 Å². The molecule has 0 spiro atoms. The van der Waals surface area contributed by atoms with Gasteiger partial charge in [-0.05, 0) is 18.5 Å². The summed E-state index contributed by atoms with van der Waals surface area (Å²) in [6.07, 6.45) is 0. The van der Waals surface area contributed by atoms with Gasteiger partial charge in [-0.1, -0.05) is 18.2 Å². The van der Waals surface area contributed by atoms with Crippen molar-refractivity contribution in [3.63, 3.8) is 0 Å². The maximum atomic E-state index is 12.4. The molecule has 2 N–H and O–H groups in total. The summed E-state index contributed by atoms with van der Waals surface area (Å²) in [6.45, 7) is 2.88. The summed E-state index contributed by atoms with van der Waals surface area (Å²) in [7, 11) is 0. The number of carbonyl (C=O) groups excluding carboxylic acids is 1. The van der Waals surface area contributed by atoms with Crippen LogP contribution in [0.15, 0.2) is 57.6 Å². The molecule has 0 radical (unpaired) electrons. The molecule has 2 heterocycles. The molecule has 1 aromatic heterocycles. The highest BCUT2D eigenvalue weighted by atomic mass is 16.6. The second-order valence-electron chi connectivity index (χ2n) is 5.44. The predicted molar refractivity (Wildman–Crippen MR) is 81.5 cm³/mol. The van der Waals surface area contributed by atoms with E-state index in [4.69, 9.17) is 15.0 Å². The van der Waals surface area contributed by atoms with Crippen LogP contribution in [0.25, 0.3) is 5.69 Å². The van der Waals surface area contributed by atoms with E-state index < -0.39 is 11.9 Å². The van der Waals surface area contributed by atoms with Crippen LogP contribution in [0.4, 0.5) is 0 Å². The third kappa shape index (κ3) is 2.61. The Morgan fingerprint density at radius 2 is 2.08 bits per heavy atom. The number of nitriles is 1. The zero-order valence-corrected chi connectivity index (χ0v) is 13.5. The number of aromatic nitrogens is 2. The lowest BCUT2D eigenvalue weighted by atomic mass is 9.84. The highest BCUT2D eigenvalue weighted by Gasteiger charge is 2.42. The maximum absolute atomic E-state index is 12.4. The number of hydrogen-bond donors (Lipinski definition) is 1. The summed E-state index contributed by atoms with van der Waals surface area (Å²) in [6, 6.07) is 10.7. The van der Waals surface area contributed by atoms with E-state index >= 15 is 0 Å². The fraction of sp³-hybridized carbons (Fsp3) is 0.176. The van der Waals surface area contributed by atoms with Crippen LogP contribution in [0.5, 0.6) is 5.95 Å². The molecule has 1 aromatic carbocycles. The van der Waals surface area contributed by atoms with E-state index in [2.05, 4.69) is 5.27 Å². The fourth-order valence-electron chi connectivity index (χ4n) is 2.86. The van der Waals surface area contributed by atoms with Crippen molar-refractivity contribution in [1.82, 2.24) is 5.27 Å². The summed E-state index contributed by atoms with van der Waals surface area (Å²) in [5.41, 5.74) is 6.49. The molecule has 8 heteroatoms. The average molecular weight is 338 g/mol. The second kappa shape index (κ2) is 6.13. The first-order chi connectivity index (χ1) is 12.0. The van der Waals surface area contributed by atoms with Gasteiger partial charge >= 0.3 is 0 Å². The Kier molecular flexibility index (Phi) is 3.99. The average Bonchev–Trinajstić information content (AvgIpc) is 2.96. The van der Waals surface area contributed by atoms with Crippen molar-refractivity contribution in [2.24, 2.45) is 5.73 Å². The molecule has 1 unspecified atom stereocenters. The van der Waals surface area contributed by atoms with E-state index in [1.807, 2.05) is 6.07 Å². The number of benzene rings is 1. The quantitative estimate of drug-likeness (QED) is 0.815. The number of allylic oxidation sites excluding steroid dienone is 3. The first kappa shape index (κ1) is 16.3. The van der Waals surface area contributed by atoms with Crippen molar-refractivity contribution in [2.45, 2.75) is 19.8 Å². The normalized spacial score (nSPS) is 17.2. The number of para-hydroxylation sites is 1. The van der Waals surface area contributed by atoms with Crippen LogP contribution < -0.4 is 15.5 Å². The van der Waals surface area contributed by atoms with Crippen molar-refractivity contribution in [1.29, 1.82) is 5.26 Å². The van der Waals surface area contributed by atoms with Crippen LogP contribution >= 0.6 is 0 Å². The van der Waals surface area contributed by atoms with Gasteiger partial charge in [-0.25, -0.2) is 0 Å². The molecule has 0 amide bonds. The minimum Gasteiger partial charge on any atom is -0.539 e. The first-order valence-electron chi connectivity index (χ1n) is 7.39. The molecule has 1 aliphatic rings. The lowest BCUT2D eigenvalue weighted by molar-refractivity contribution is -0.678. The summed E-state index contributed by atoms with van der Waals surface area (Å²) >= 11 is 0. The van der Waals surface area contributed by atoms with Gasteiger partial charge in [0.15, 0.2) is 11.7 Å². The summed E-state index contributed by atoms with van der Waals surface area (Å²) in [5.74, 6) is -2.05. The van der Waals surface area contributed by atoms with Crippen molar-refractivity contribution in [2.75, 3.05) is 0 Å². The molecule has 0 bridgehead atoms. The molecule has 0 saturated heterocycles. The maximum Gasteiger partial charge on any atom is 0.253 e. The Hall–Kier alpha value is -3.60. The number of nitrogens with zero attached hydrogens (tertiary/aromatic N) is 3. The molecule has 0 aliphatic carbocycles. The third-order valence-electron chi connectivity index (χ3n) is 3.90. The van der Waals surface area contributed by atoms with Gasteiger partial charge in [-0.3, -0.25) is 4.79 Å². The predicted octanol–water partition coefficient (Wildman–Crippen LogP) is 0.696. The highest BCUT2D eigenvalue weighted by Crippen LogP contribution is 2.40. The smallest absolute Gasteiger partial charge is 0.253 e. The van der Waals surface area contributed by atoms with Crippen LogP contribution in [-0.2, 0) is 9.53 Å². The molecule has 1 aliphatic heterocycles. The molecular weight excluding hydrogens is 324 g/mol. The van der Waals surface area contributed by atoms with Gasteiger partial charge in [-0.15, -0.1) is 0 Å². The van der Waals surface area contributed by atoms with E-state index in [1.165, 1.54) is 11.6 Å². The van der Waals surface area contributed by atoms with E-state index in [9.17, 15) is 15.2 Å². The van der Waals surface area contributed by atoms with Crippen LogP contribution in [0.1, 0.15) is 25.5 Å². The molecule has 8 nitrogen and oxygen atoms in total. The Morgan fingerprint density at radius 3 is 2.68 bits per heavy atom. The van der Waals surface area contributed by atoms with Gasteiger partial charge in [0.25, 0.3) is 5.69 Å². The van der Waals surface area contributed by atoms with Crippen molar-refractivity contribution in [3.05, 3.63) is 58.8 Å². The molecular formula is C17H14N4O4. The molecule has 2 aromatic rings. The van der Waals surface area contributed by atoms with E-state index in [-0.39, 0.29) is 34.3 Å². The largest absolute Gasteiger partial charge is 0.539 e. The van der Waals surface area contributed by atoms with Gasteiger partial charge in [0.1, 0.15) is 23.3 Å². The van der Waals surface area contributed by atoms with Crippen LogP contribution in [0.2, 0.25) is 0 Å². The van der Waals surface area contributed by atoms with Crippen LogP contribution in [0, 0.1) is 11.3 Å². The number of carbonyl (C=O) groups is 1. The molecule has 0 fully saturated rings. The van der Waals surface area contributed by atoms with Gasteiger partial charge in [0, 0.05) is 12.1 Å². The van der Waals surface area contributed by atoms with Crippen molar-refractivity contribution < 1.29 is 23.8 Å². The molecule has 3 rings (SSSR count). The number of hydrogen-bond acceptors (Lipinski definition) is 7. The fourth-order valence-corrected chi connectivity index (χ4v) is 2.86. The Bertz CT molecular complexity index is 951. The number of Topliss-reactive ketones (excluding diaryl/α,β-unsaturated/α-hetero) is 1. The van der Waals surface area contributed by atoms with Crippen LogP contribution in [0.3, 0.4) is 0 Å². The highest BCUT2D eigenvalue weighted by molar-refractivity contribution is 5.96. The first-order valence-corrected chi connectivity index (χ1v) is 7.39. The van der Waals surface area contributed by atoms with Crippen molar-refractivity contribution in [3.8, 4) is 17.7 Å². The Morgan fingerprint density at radius 1 is 1.40 bits per heavy atom. The lowest BCUT2D eigenvalue weighted by Gasteiger charge is -2.24. The monoisotopic (exact) mass is 338 g/mol. The minimum atomic E-state index is -1.02. The standard InChI is InChI=1S/C17H14N4O4/c1-9(22)13-10(2)24-16(19)12(8-18)14(13)15-17(23)25-20-21(15)11-6-4-3-5-7-11/h3-7,14H,19H2,1-2H3. The zero-order valence-electron chi connectivity index (χ0n) is 13.5. The molecule has 25 heavy (non-hydrogen) atoms. The van der Waals surface area contributed by atoms with Crippen LogP contribution in [-0.4, -0.2) is 11.1 Å². The Labute approximate surface area is 143 Å².